The number of halogens is 1. The van der Waals surface area contributed by atoms with Gasteiger partial charge in [-0.25, -0.2) is 4.57 Å². The highest BCUT2D eigenvalue weighted by molar-refractivity contribution is 5.85. The van der Waals surface area contributed by atoms with Crippen LogP contribution < -0.4 is 17.0 Å². The second-order valence-electron chi connectivity index (χ2n) is 2.90. The molecule has 13 heavy (non-hydrogen) atoms. The van der Waals surface area contributed by atoms with Crippen molar-refractivity contribution in [1.82, 2.24) is 0 Å². The minimum absolute atomic E-state index is 0. The summed E-state index contributed by atoms with van der Waals surface area (Å²) in [6.45, 7) is 0. The highest BCUT2D eigenvalue weighted by Crippen LogP contribution is 2.20. The SMILES string of the molecule is C[n+]1cc(O)c2ccccc2c1.[Cl-]. The molecule has 0 aliphatic heterocycles. The van der Waals surface area contributed by atoms with Gasteiger partial charge in [-0.15, -0.1) is 0 Å². The first-order valence-corrected chi connectivity index (χ1v) is 3.84. The molecule has 2 aromatic rings. The zero-order valence-corrected chi connectivity index (χ0v) is 7.99. The van der Waals surface area contributed by atoms with Crippen molar-refractivity contribution in [2.45, 2.75) is 0 Å². The van der Waals surface area contributed by atoms with E-state index in [1.54, 1.807) is 6.20 Å². The number of aromatic hydroxyl groups is 1. The standard InChI is InChI=1S/C10H9NO.ClH/c1-11-6-8-4-2-3-5-9(8)10(12)7-11;/h2-7H,1H3;1H. The lowest BCUT2D eigenvalue weighted by Gasteiger charge is -1.96. The fourth-order valence-electron chi connectivity index (χ4n) is 1.36. The first-order valence-electron chi connectivity index (χ1n) is 3.84. The number of aryl methyl sites for hydroxylation is 1. The van der Waals surface area contributed by atoms with Gasteiger partial charge in [0.25, 0.3) is 0 Å². The van der Waals surface area contributed by atoms with Gasteiger partial charge >= 0.3 is 0 Å². The van der Waals surface area contributed by atoms with E-state index < -0.39 is 0 Å². The third kappa shape index (κ3) is 1.73. The molecule has 0 aliphatic carbocycles. The van der Waals surface area contributed by atoms with Crippen LogP contribution in [0.15, 0.2) is 36.7 Å². The Labute approximate surface area is 82.9 Å². The Morgan fingerprint density at radius 2 is 1.85 bits per heavy atom. The molecule has 3 heteroatoms. The zero-order valence-electron chi connectivity index (χ0n) is 7.24. The average molecular weight is 196 g/mol. The van der Waals surface area contributed by atoms with Gasteiger partial charge in [-0.05, 0) is 6.07 Å². The molecule has 0 saturated heterocycles. The lowest BCUT2D eigenvalue weighted by Crippen LogP contribution is -3.00. The van der Waals surface area contributed by atoms with Gasteiger partial charge in [-0.1, -0.05) is 18.2 Å². The van der Waals surface area contributed by atoms with Gasteiger partial charge in [-0.3, -0.25) is 0 Å². The van der Waals surface area contributed by atoms with Crippen molar-refractivity contribution in [1.29, 1.82) is 0 Å². The number of aromatic nitrogens is 1. The molecule has 68 valence electrons. The molecule has 2 nitrogen and oxygen atoms in total. The molecule has 0 aliphatic rings. The summed E-state index contributed by atoms with van der Waals surface area (Å²) in [6, 6.07) is 7.77. The first-order chi connectivity index (χ1) is 5.77. The Hall–Kier alpha value is -1.28. The molecule has 0 radical (unpaired) electrons. The quantitative estimate of drug-likeness (QED) is 0.502. The van der Waals surface area contributed by atoms with Crippen molar-refractivity contribution >= 4 is 10.8 Å². The highest BCUT2D eigenvalue weighted by atomic mass is 35.5. The van der Waals surface area contributed by atoms with E-state index in [1.807, 2.05) is 42.1 Å². The minimum Gasteiger partial charge on any atom is -1.00 e. The summed E-state index contributed by atoms with van der Waals surface area (Å²) < 4.78 is 1.84. The van der Waals surface area contributed by atoms with Gasteiger partial charge in [0.15, 0.2) is 11.9 Å². The molecular formula is C10H10ClNO. The van der Waals surface area contributed by atoms with Crippen molar-refractivity contribution in [2.24, 2.45) is 7.05 Å². The molecule has 0 bridgehead atoms. The van der Waals surface area contributed by atoms with Crippen molar-refractivity contribution in [3.8, 4) is 5.75 Å². The maximum absolute atomic E-state index is 9.53. The molecular weight excluding hydrogens is 186 g/mol. The third-order valence-corrected chi connectivity index (χ3v) is 1.91. The number of pyridine rings is 1. The minimum atomic E-state index is 0. The van der Waals surface area contributed by atoms with Crippen molar-refractivity contribution in [2.75, 3.05) is 0 Å². The van der Waals surface area contributed by atoms with E-state index in [0.717, 1.165) is 10.8 Å². The number of hydrogen-bond donors (Lipinski definition) is 1. The van der Waals surface area contributed by atoms with Gasteiger partial charge in [0.2, 0.25) is 6.20 Å². The van der Waals surface area contributed by atoms with Crippen LogP contribution >= 0.6 is 0 Å². The topological polar surface area (TPSA) is 24.1 Å². The number of rotatable bonds is 0. The van der Waals surface area contributed by atoms with Crippen molar-refractivity contribution in [3.05, 3.63) is 36.7 Å². The maximum atomic E-state index is 9.53. The summed E-state index contributed by atoms with van der Waals surface area (Å²) in [5.41, 5.74) is 0. The molecule has 0 atom stereocenters. The van der Waals surface area contributed by atoms with Crippen LogP contribution in [0.25, 0.3) is 10.8 Å². The number of fused-ring (bicyclic) bond motifs is 1. The summed E-state index contributed by atoms with van der Waals surface area (Å²) in [4.78, 5) is 0. The normalized spacial score (nSPS) is 9.62. The van der Waals surface area contributed by atoms with E-state index in [1.165, 1.54) is 0 Å². The van der Waals surface area contributed by atoms with Crippen molar-refractivity contribution in [3.63, 3.8) is 0 Å². The molecule has 0 saturated carbocycles. The van der Waals surface area contributed by atoms with Crippen LogP contribution in [0.4, 0.5) is 0 Å². The maximum Gasteiger partial charge on any atom is 0.211 e. The van der Waals surface area contributed by atoms with Crippen LogP contribution in [0.5, 0.6) is 5.75 Å². The zero-order chi connectivity index (χ0) is 8.55. The van der Waals surface area contributed by atoms with Gasteiger partial charge in [0.05, 0.1) is 0 Å². The summed E-state index contributed by atoms with van der Waals surface area (Å²) in [6.07, 6.45) is 3.68. The molecule has 1 aromatic carbocycles. The van der Waals surface area contributed by atoms with E-state index in [0.29, 0.717) is 5.75 Å². The van der Waals surface area contributed by atoms with E-state index in [4.69, 9.17) is 0 Å². The van der Waals surface area contributed by atoms with Crippen LogP contribution in [-0.4, -0.2) is 5.11 Å². The van der Waals surface area contributed by atoms with Crippen LogP contribution in [-0.2, 0) is 7.05 Å². The summed E-state index contributed by atoms with van der Waals surface area (Å²) in [5, 5.41) is 11.5. The smallest absolute Gasteiger partial charge is 0.211 e. The fraction of sp³-hybridized carbons (Fsp3) is 0.100. The van der Waals surface area contributed by atoms with Crippen molar-refractivity contribution < 1.29 is 22.1 Å². The molecule has 1 N–H and O–H groups in total. The molecule has 2 rings (SSSR count). The second-order valence-corrected chi connectivity index (χ2v) is 2.90. The number of benzene rings is 1. The average Bonchev–Trinajstić information content (AvgIpc) is 2.04. The highest BCUT2D eigenvalue weighted by Gasteiger charge is 2.03. The van der Waals surface area contributed by atoms with E-state index >= 15 is 0 Å². The first kappa shape index (κ1) is 9.81. The lowest BCUT2D eigenvalue weighted by atomic mass is 10.2. The predicted molar refractivity (Wildman–Crippen MR) is 46.8 cm³/mol. The molecule has 1 aromatic heterocycles. The Morgan fingerprint density at radius 1 is 1.15 bits per heavy atom. The number of nitrogens with zero attached hydrogens (tertiary/aromatic N) is 1. The molecule has 0 unspecified atom stereocenters. The van der Waals surface area contributed by atoms with Gasteiger partial charge in [-0.2, -0.15) is 0 Å². The van der Waals surface area contributed by atoms with Gasteiger partial charge in [0, 0.05) is 10.8 Å². The van der Waals surface area contributed by atoms with Gasteiger partial charge in [0.1, 0.15) is 7.05 Å². The number of hydrogen-bond acceptors (Lipinski definition) is 1. The Kier molecular flexibility index (Phi) is 2.73. The van der Waals surface area contributed by atoms with E-state index in [2.05, 4.69) is 0 Å². The molecule has 0 amide bonds. The Balaban J connectivity index is 0.000000845. The van der Waals surface area contributed by atoms with E-state index in [-0.39, 0.29) is 12.4 Å². The van der Waals surface area contributed by atoms with Crippen LogP contribution in [0.3, 0.4) is 0 Å². The predicted octanol–water partition coefficient (Wildman–Crippen LogP) is -1.63. The summed E-state index contributed by atoms with van der Waals surface area (Å²) in [5.74, 6) is 0.329. The summed E-state index contributed by atoms with van der Waals surface area (Å²) in [7, 11) is 1.90. The second kappa shape index (κ2) is 3.62. The summed E-state index contributed by atoms with van der Waals surface area (Å²) >= 11 is 0. The molecule has 1 heterocycles. The van der Waals surface area contributed by atoms with E-state index in [9.17, 15) is 5.11 Å². The lowest BCUT2D eigenvalue weighted by molar-refractivity contribution is -0.670. The van der Waals surface area contributed by atoms with Crippen LogP contribution in [0, 0.1) is 0 Å². The largest absolute Gasteiger partial charge is 1.00 e. The van der Waals surface area contributed by atoms with Gasteiger partial charge < -0.3 is 17.5 Å². The Morgan fingerprint density at radius 3 is 2.62 bits per heavy atom. The van der Waals surface area contributed by atoms with Crippen LogP contribution in [0.1, 0.15) is 0 Å². The molecule has 0 spiro atoms. The Bertz CT molecular complexity index is 428. The third-order valence-electron chi connectivity index (χ3n) is 1.91. The fourth-order valence-corrected chi connectivity index (χ4v) is 1.36. The molecule has 0 fully saturated rings. The monoisotopic (exact) mass is 195 g/mol. The van der Waals surface area contributed by atoms with Crippen LogP contribution in [0.2, 0.25) is 0 Å².